The molecule has 0 radical (unpaired) electrons. The maximum Gasteiger partial charge on any atom is 0.254 e. The van der Waals surface area contributed by atoms with Gasteiger partial charge in [0.15, 0.2) is 11.5 Å². The Morgan fingerprint density at radius 2 is 1.70 bits per heavy atom. The van der Waals surface area contributed by atoms with E-state index in [0.29, 0.717) is 25.0 Å². The molecule has 60 heavy (non-hydrogen) atoms. The number of hydrogen-bond donors (Lipinski definition) is 4. The number of carbonyl (C=O) groups is 3. The van der Waals surface area contributed by atoms with Crippen LogP contribution in [0.4, 0.5) is 4.39 Å². The minimum atomic E-state index is -1.88. The van der Waals surface area contributed by atoms with E-state index in [9.17, 15) is 24.3 Å². The third kappa shape index (κ3) is 13.6. The van der Waals surface area contributed by atoms with Gasteiger partial charge in [-0.1, -0.05) is 73.1 Å². The summed E-state index contributed by atoms with van der Waals surface area (Å²) in [7, 11) is 5.13. The molecule has 0 spiro atoms. The number of aromatic nitrogens is 1. The van der Waals surface area contributed by atoms with E-state index in [-0.39, 0.29) is 71.9 Å². The molecular weight excluding hydrogens is 764 g/mol. The molecule has 0 aromatic carbocycles. The van der Waals surface area contributed by atoms with Crippen molar-refractivity contribution in [3.8, 4) is 6.07 Å². The van der Waals surface area contributed by atoms with Gasteiger partial charge in [0.2, 0.25) is 0 Å². The van der Waals surface area contributed by atoms with Crippen molar-refractivity contribution in [1.29, 1.82) is 5.26 Å². The molecule has 4 aliphatic rings. The first-order chi connectivity index (χ1) is 28.2. The lowest BCUT2D eigenvalue weighted by Crippen LogP contribution is -2.67. The first-order valence-electron chi connectivity index (χ1n) is 22.2. The average molecular weight is 845 g/mol. The van der Waals surface area contributed by atoms with Crippen molar-refractivity contribution in [2.24, 2.45) is 53.4 Å². The molecular formula is C48H81FN4O7. The summed E-state index contributed by atoms with van der Waals surface area (Å²) in [6.45, 7) is 22.6. The number of unbranched alkanes of at least 4 members (excludes halogenated alkanes) is 2. The number of ketones is 3. The molecule has 3 saturated carbocycles. The van der Waals surface area contributed by atoms with E-state index in [0.717, 1.165) is 36.4 Å². The Bertz CT molecular complexity index is 1650. The largest absolute Gasteiger partial charge is 0.396 e. The van der Waals surface area contributed by atoms with Crippen LogP contribution in [-0.4, -0.2) is 81.4 Å². The van der Waals surface area contributed by atoms with Gasteiger partial charge in [-0.2, -0.15) is 10.3 Å². The van der Waals surface area contributed by atoms with Crippen LogP contribution in [0.25, 0.3) is 0 Å². The van der Waals surface area contributed by atoms with E-state index in [1.54, 1.807) is 50.5 Å². The molecule has 342 valence electrons. The van der Waals surface area contributed by atoms with Gasteiger partial charge in [0.05, 0.1) is 18.7 Å². The standard InChI is InChI=1S/C28H39FO4.C8H12N2O2.C6H15NO.C2H3N.2C2H6/c1-7-18(17(4)30)12-23(32)25-16(3)11-21-22-10-15(2)20-13-19(31)8-9-27(20,6)28(22,29)24(33)14-26(21,25)5;1-9-5-3-4-7(8(9)11)6-10(2)12;1-7-5-3-2-4-6-8;1-2-3;2*1-2/h8-9,13,15-16,18,21-22,24-25,33H,7,10-12,14H2,1-6H3;3-5,12H,6H2,1-2H3;7-8H,2-6H2,1H3;1H3;2*1-2H3/t15-,16+,18?,21?,22?,24?,25?,26?,27?,28-;;;;;/m0...../s1. The fourth-order valence-corrected chi connectivity index (χ4v) is 10.2. The van der Waals surface area contributed by atoms with Gasteiger partial charge in [-0.3, -0.25) is 19.2 Å². The van der Waals surface area contributed by atoms with E-state index in [4.69, 9.17) is 15.6 Å². The average Bonchev–Trinajstić information content (AvgIpc) is 3.47. The predicted molar refractivity (Wildman–Crippen MR) is 239 cm³/mol. The summed E-state index contributed by atoms with van der Waals surface area (Å²) in [5, 5.41) is 40.0. The van der Waals surface area contributed by atoms with E-state index in [1.807, 2.05) is 55.5 Å². The van der Waals surface area contributed by atoms with Crippen LogP contribution >= 0.6 is 0 Å². The molecule has 0 bridgehead atoms. The first-order valence-corrected chi connectivity index (χ1v) is 22.2. The molecule has 4 aliphatic carbocycles. The second-order valence-electron chi connectivity index (χ2n) is 16.8. The van der Waals surface area contributed by atoms with Gasteiger partial charge >= 0.3 is 0 Å². The minimum absolute atomic E-state index is 0.0274. The van der Waals surface area contributed by atoms with Gasteiger partial charge in [0, 0.05) is 69.0 Å². The molecule has 12 heteroatoms. The van der Waals surface area contributed by atoms with Gasteiger partial charge in [-0.25, -0.2) is 4.39 Å². The monoisotopic (exact) mass is 845 g/mol. The van der Waals surface area contributed by atoms with E-state index in [1.165, 1.54) is 31.0 Å². The molecule has 4 N–H and O–H groups in total. The maximum atomic E-state index is 17.3. The lowest BCUT2D eigenvalue weighted by Gasteiger charge is -2.63. The Hall–Kier alpha value is -3.34. The molecule has 1 aromatic heterocycles. The summed E-state index contributed by atoms with van der Waals surface area (Å²) in [6, 6.07) is 5.23. The van der Waals surface area contributed by atoms with Gasteiger partial charge in [0.25, 0.3) is 5.56 Å². The molecule has 5 rings (SSSR count). The topological polar surface area (TPSA) is 173 Å². The summed E-state index contributed by atoms with van der Waals surface area (Å²) >= 11 is 0. The van der Waals surface area contributed by atoms with Crippen LogP contribution in [0, 0.1) is 57.7 Å². The zero-order valence-corrected chi connectivity index (χ0v) is 39.5. The van der Waals surface area contributed by atoms with Crippen LogP contribution in [0.5, 0.6) is 0 Å². The van der Waals surface area contributed by atoms with Crippen LogP contribution in [0.1, 0.15) is 133 Å². The molecule has 1 heterocycles. The van der Waals surface area contributed by atoms with E-state index < -0.39 is 28.5 Å². The van der Waals surface area contributed by atoms with Gasteiger partial charge in [-0.05, 0) is 114 Å². The predicted octanol–water partition coefficient (Wildman–Crippen LogP) is 8.20. The number of pyridine rings is 1. The number of aliphatic hydroxyl groups is 2. The second kappa shape index (κ2) is 26.9. The third-order valence-corrected chi connectivity index (χ3v) is 12.9. The smallest absolute Gasteiger partial charge is 0.254 e. The van der Waals surface area contributed by atoms with Crippen LogP contribution < -0.4 is 10.9 Å². The van der Waals surface area contributed by atoms with Crippen LogP contribution in [0.3, 0.4) is 0 Å². The number of aliphatic hydroxyl groups excluding tert-OH is 2. The van der Waals surface area contributed by atoms with Crippen molar-refractivity contribution >= 4 is 17.3 Å². The summed E-state index contributed by atoms with van der Waals surface area (Å²) in [4.78, 5) is 49.0. The molecule has 0 amide bonds. The zero-order chi connectivity index (χ0) is 46.6. The highest BCUT2D eigenvalue weighted by atomic mass is 19.1. The number of alkyl halides is 1. The van der Waals surface area contributed by atoms with E-state index in [2.05, 4.69) is 19.2 Å². The summed E-state index contributed by atoms with van der Waals surface area (Å²) in [5.41, 5.74) is -2.12. The number of carbonyl (C=O) groups excluding carboxylic acids is 3. The van der Waals surface area contributed by atoms with Crippen molar-refractivity contribution < 1.29 is 34.2 Å². The van der Waals surface area contributed by atoms with Crippen LogP contribution in [-0.2, 0) is 28.0 Å². The lowest BCUT2D eigenvalue weighted by molar-refractivity contribution is -0.200. The number of Topliss-reactive ketones (excluding diaryl/α,β-unsaturated/α-hetero) is 2. The van der Waals surface area contributed by atoms with Gasteiger partial charge < -0.3 is 25.3 Å². The van der Waals surface area contributed by atoms with E-state index >= 15 is 4.39 Å². The van der Waals surface area contributed by atoms with Crippen LogP contribution in [0.2, 0.25) is 0 Å². The number of fused-ring (bicyclic) bond motifs is 5. The number of hydrogen-bond acceptors (Lipinski definition) is 10. The van der Waals surface area contributed by atoms with Crippen molar-refractivity contribution in [2.45, 2.75) is 146 Å². The fourth-order valence-electron chi connectivity index (χ4n) is 10.2. The molecule has 1 aromatic rings. The molecule has 0 saturated heterocycles. The highest BCUT2D eigenvalue weighted by molar-refractivity contribution is 6.01. The van der Waals surface area contributed by atoms with Crippen LogP contribution in [0.15, 0.2) is 46.9 Å². The number of aryl methyl sites for hydroxylation is 1. The maximum absolute atomic E-state index is 17.3. The molecule has 3 fully saturated rings. The molecule has 11 nitrogen and oxygen atoms in total. The Labute approximate surface area is 361 Å². The number of hydroxylamine groups is 2. The normalized spacial score (nSPS) is 29.8. The highest BCUT2D eigenvalue weighted by Crippen LogP contribution is 2.70. The van der Waals surface area contributed by atoms with Crippen molar-refractivity contribution in [1.82, 2.24) is 14.9 Å². The number of rotatable bonds is 12. The van der Waals surface area contributed by atoms with Gasteiger partial charge in [-0.15, -0.1) is 0 Å². The second-order valence-corrected chi connectivity index (χ2v) is 16.8. The number of nitrogens with zero attached hydrogens (tertiary/aromatic N) is 3. The molecule has 10 atom stereocenters. The first kappa shape index (κ1) is 56.7. The Morgan fingerprint density at radius 3 is 2.22 bits per heavy atom. The number of allylic oxidation sites excluding steroid dienone is 4. The number of nitrogens with one attached hydrogen (secondary N) is 1. The number of nitriles is 1. The summed E-state index contributed by atoms with van der Waals surface area (Å²) in [5.74, 6) is -0.859. The zero-order valence-electron chi connectivity index (χ0n) is 39.5. The quantitative estimate of drug-likeness (QED) is 0.119. The minimum Gasteiger partial charge on any atom is -0.396 e. The summed E-state index contributed by atoms with van der Waals surface area (Å²) in [6.07, 6.45) is 10.8. The Kier molecular flexibility index (Phi) is 25.4. The van der Waals surface area contributed by atoms with Gasteiger partial charge in [0.1, 0.15) is 11.6 Å². The fraction of sp³-hybridized carbons (Fsp3) is 0.729. The highest BCUT2D eigenvalue weighted by Gasteiger charge is 2.72. The van der Waals surface area contributed by atoms with Crippen molar-refractivity contribution in [2.75, 3.05) is 27.2 Å². The molecule has 0 aliphatic heterocycles. The lowest BCUT2D eigenvalue weighted by atomic mass is 9.43. The Morgan fingerprint density at radius 1 is 1.10 bits per heavy atom. The SMILES string of the molecule is CC.CC.CC#N.CCC(CC(=O)C1[C@H](C)CC2C3C[C@H](C)C4=CC(=O)C=CC4(C)[C@@]3(F)C(O)CC21C)C(C)=O.CN(O)Cc1cccn(C)c1=O.CNCCCCCO. The Balaban J connectivity index is 0.00000105. The third-order valence-electron chi connectivity index (χ3n) is 12.9. The van der Waals surface area contributed by atoms with Crippen molar-refractivity contribution in [3.05, 3.63) is 58.0 Å². The molecule has 7 unspecified atom stereocenters. The van der Waals surface area contributed by atoms with Crippen molar-refractivity contribution in [3.63, 3.8) is 0 Å². The summed E-state index contributed by atoms with van der Waals surface area (Å²) < 4.78 is 18.8. The number of halogens is 1.